The first kappa shape index (κ1) is 28.9. The SMILES string of the molecule is CCOc1ncccc1-c1ccc(CC(NC(=O)C2CCC(CN)CC2)C(=O)Nc2ccc(-c3nn[nH]n3)cc2)cc1. The number of rotatable bonds is 11. The van der Waals surface area contributed by atoms with Gasteiger partial charge in [-0.2, -0.15) is 5.21 Å². The first-order chi connectivity index (χ1) is 20.5. The molecule has 5 N–H and O–H groups in total. The second-order valence-electron chi connectivity index (χ2n) is 10.5. The fraction of sp³-hybridized carbons (Fsp3) is 0.355. The minimum atomic E-state index is -0.759. The van der Waals surface area contributed by atoms with E-state index in [0.717, 1.165) is 47.9 Å². The molecule has 42 heavy (non-hydrogen) atoms. The Morgan fingerprint density at radius 1 is 1.02 bits per heavy atom. The van der Waals surface area contributed by atoms with Gasteiger partial charge in [-0.3, -0.25) is 9.59 Å². The van der Waals surface area contributed by atoms with Crippen molar-refractivity contribution in [2.24, 2.45) is 17.6 Å². The maximum atomic E-state index is 13.5. The highest BCUT2D eigenvalue weighted by Crippen LogP contribution is 2.30. The predicted molar refractivity (Wildman–Crippen MR) is 159 cm³/mol. The van der Waals surface area contributed by atoms with E-state index in [-0.39, 0.29) is 17.7 Å². The number of H-pyrrole nitrogens is 1. The van der Waals surface area contributed by atoms with Gasteiger partial charge in [-0.05, 0) is 97.8 Å². The number of benzene rings is 2. The molecule has 2 amide bonds. The number of anilines is 1. The van der Waals surface area contributed by atoms with Crippen molar-refractivity contribution in [1.82, 2.24) is 30.9 Å². The Kier molecular flexibility index (Phi) is 9.50. The molecule has 2 aromatic carbocycles. The fourth-order valence-corrected chi connectivity index (χ4v) is 5.29. The number of aromatic amines is 1. The van der Waals surface area contributed by atoms with Crippen LogP contribution in [0.4, 0.5) is 5.69 Å². The third-order valence-electron chi connectivity index (χ3n) is 7.70. The Labute approximate surface area is 244 Å². The van der Waals surface area contributed by atoms with Crippen molar-refractivity contribution in [2.45, 2.75) is 45.1 Å². The van der Waals surface area contributed by atoms with Crippen molar-refractivity contribution in [1.29, 1.82) is 0 Å². The fourth-order valence-electron chi connectivity index (χ4n) is 5.29. The molecule has 11 nitrogen and oxygen atoms in total. The molecule has 0 aliphatic heterocycles. The van der Waals surface area contributed by atoms with E-state index in [1.54, 1.807) is 30.5 Å². The van der Waals surface area contributed by atoms with Crippen LogP contribution >= 0.6 is 0 Å². The molecule has 1 atom stereocenters. The lowest BCUT2D eigenvalue weighted by atomic mass is 9.81. The van der Waals surface area contributed by atoms with E-state index >= 15 is 0 Å². The number of nitrogens with two attached hydrogens (primary N) is 1. The maximum Gasteiger partial charge on any atom is 0.247 e. The third-order valence-corrected chi connectivity index (χ3v) is 7.70. The molecule has 1 unspecified atom stereocenters. The number of amides is 2. The van der Waals surface area contributed by atoms with E-state index in [1.807, 2.05) is 43.3 Å². The third kappa shape index (κ3) is 7.16. The Hall–Kier alpha value is -4.64. The molecule has 1 saturated carbocycles. The van der Waals surface area contributed by atoms with E-state index < -0.39 is 6.04 Å². The van der Waals surface area contributed by atoms with Gasteiger partial charge in [-0.25, -0.2) is 4.98 Å². The second-order valence-corrected chi connectivity index (χ2v) is 10.5. The molecule has 0 spiro atoms. The van der Waals surface area contributed by atoms with Gasteiger partial charge in [0.15, 0.2) is 0 Å². The molecule has 4 aromatic rings. The molecule has 5 rings (SSSR count). The summed E-state index contributed by atoms with van der Waals surface area (Å²) >= 11 is 0. The average Bonchev–Trinajstić information content (AvgIpc) is 3.57. The van der Waals surface area contributed by atoms with E-state index in [2.05, 4.69) is 36.2 Å². The zero-order chi connectivity index (χ0) is 29.3. The molecule has 218 valence electrons. The summed E-state index contributed by atoms with van der Waals surface area (Å²) in [5.74, 6) is 0.998. The highest BCUT2D eigenvalue weighted by molar-refractivity contribution is 5.97. The minimum Gasteiger partial charge on any atom is -0.478 e. The van der Waals surface area contributed by atoms with E-state index in [1.165, 1.54) is 0 Å². The second kappa shape index (κ2) is 13.8. The normalized spacial score (nSPS) is 17.3. The van der Waals surface area contributed by atoms with E-state index in [4.69, 9.17) is 10.5 Å². The number of carbonyl (C=O) groups excluding carboxylic acids is 2. The maximum absolute atomic E-state index is 13.5. The lowest BCUT2D eigenvalue weighted by Crippen LogP contribution is -2.48. The van der Waals surface area contributed by atoms with Crippen molar-refractivity contribution in [2.75, 3.05) is 18.5 Å². The summed E-state index contributed by atoms with van der Waals surface area (Å²) in [5.41, 5.74) is 9.97. The van der Waals surface area contributed by atoms with Crippen LogP contribution in [0.25, 0.3) is 22.5 Å². The van der Waals surface area contributed by atoms with Gasteiger partial charge in [-0.15, -0.1) is 10.2 Å². The van der Waals surface area contributed by atoms with Crippen molar-refractivity contribution < 1.29 is 14.3 Å². The molecule has 1 aliphatic carbocycles. The van der Waals surface area contributed by atoms with Crippen LogP contribution in [0.15, 0.2) is 66.9 Å². The van der Waals surface area contributed by atoms with Gasteiger partial charge in [0.05, 0.1) is 6.61 Å². The minimum absolute atomic E-state index is 0.0913. The van der Waals surface area contributed by atoms with E-state index in [0.29, 0.717) is 42.9 Å². The van der Waals surface area contributed by atoms with Gasteiger partial charge in [0.1, 0.15) is 6.04 Å². The molecule has 11 heteroatoms. The number of aromatic nitrogens is 5. The zero-order valence-electron chi connectivity index (χ0n) is 23.6. The molecule has 0 saturated heterocycles. The number of ether oxygens (including phenoxy) is 1. The Balaban J connectivity index is 1.31. The van der Waals surface area contributed by atoms with Crippen molar-refractivity contribution in [3.05, 3.63) is 72.4 Å². The first-order valence-corrected chi connectivity index (χ1v) is 14.4. The molecule has 0 radical (unpaired) electrons. The number of hydrogen-bond acceptors (Lipinski definition) is 8. The number of carbonyl (C=O) groups is 2. The van der Waals surface area contributed by atoms with Crippen LogP contribution in [-0.2, 0) is 16.0 Å². The van der Waals surface area contributed by atoms with Crippen LogP contribution in [0.2, 0.25) is 0 Å². The summed E-state index contributed by atoms with van der Waals surface area (Å²) in [7, 11) is 0. The van der Waals surface area contributed by atoms with Gasteiger partial charge in [0.25, 0.3) is 0 Å². The van der Waals surface area contributed by atoms with Gasteiger partial charge in [0, 0.05) is 35.3 Å². The van der Waals surface area contributed by atoms with Crippen LogP contribution < -0.4 is 21.1 Å². The van der Waals surface area contributed by atoms with Crippen LogP contribution in [0.5, 0.6) is 5.88 Å². The Morgan fingerprint density at radius 3 is 2.43 bits per heavy atom. The summed E-state index contributed by atoms with van der Waals surface area (Å²) in [4.78, 5) is 31.2. The monoisotopic (exact) mass is 568 g/mol. The highest BCUT2D eigenvalue weighted by atomic mass is 16.5. The number of nitrogens with one attached hydrogen (secondary N) is 3. The van der Waals surface area contributed by atoms with Gasteiger partial charge < -0.3 is 21.1 Å². The molecule has 1 fully saturated rings. The quantitative estimate of drug-likeness (QED) is 0.213. The van der Waals surface area contributed by atoms with Gasteiger partial charge >= 0.3 is 0 Å². The molecular formula is C31H36N8O3. The van der Waals surface area contributed by atoms with Crippen LogP contribution in [0.1, 0.15) is 38.2 Å². The zero-order valence-corrected chi connectivity index (χ0v) is 23.6. The summed E-state index contributed by atoms with van der Waals surface area (Å²) in [6.07, 6.45) is 5.46. The lowest BCUT2D eigenvalue weighted by Gasteiger charge is -2.28. The number of tetrazole rings is 1. The Morgan fingerprint density at radius 2 is 1.76 bits per heavy atom. The molecule has 1 aliphatic rings. The average molecular weight is 569 g/mol. The van der Waals surface area contributed by atoms with Gasteiger partial charge in [-0.1, -0.05) is 24.3 Å². The predicted octanol–water partition coefficient (Wildman–Crippen LogP) is 3.76. The summed E-state index contributed by atoms with van der Waals surface area (Å²) in [6.45, 7) is 3.09. The number of pyridine rings is 1. The van der Waals surface area contributed by atoms with Crippen molar-refractivity contribution in [3.8, 4) is 28.4 Å². The van der Waals surface area contributed by atoms with Crippen LogP contribution in [0.3, 0.4) is 0 Å². The molecule has 2 heterocycles. The van der Waals surface area contributed by atoms with Gasteiger partial charge in [0.2, 0.25) is 23.5 Å². The van der Waals surface area contributed by atoms with Crippen molar-refractivity contribution >= 4 is 17.5 Å². The highest BCUT2D eigenvalue weighted by Gasteiger charge is 2.29. The number of hydrogen-bond donors (Lipinski definition) is 4. The summed E-state index contributed by atoms with van der Waals surface area (Å²) < 4.78 is 5.69. The van der Waals surface area contributed by atoms with E-state index in [9.17, 15) is 9.59 Å². The molecular weight excluding hydrogens is 532 g/mol. The van der Waals surface area contributed by atoms with Crippen molar-refractivity contribution in [3.63, 3.8) is 0 Å². The van der Waals surface area contributed by atoms with Crippen LogP contribution in [-0.4, -0.2) is 56.6 Å². The largest absolute Gasteiger partial charge is 0.478 e. The lowest BCUT2D eigenvalue weighted by molar-refractivity contribution is -0.130. The Bertz CT molecular complexity index is 1450. The number of nitrogens with zero attached hydrogens (tertiary/aromatic N) is 4. The first-order valence-electron chi connectivity index (χ1n) is 14.4. The molecule has 2 aromatic heterocycles. The standard InChI is InChI=1S/C31H36N8O3/c1-2-42-31-26(4-3-17-33-31)22-9-5-20(6-10-22)18-27(35-29(40)24-11-7-21(19-32)8-12-24)30(41)34-25-15-13-23(14-16-25)28-36-38-39-37-28/h3-6,9-10,13-17,21,24,27H,2,7-8,11-12,18-19,32H2,1H3,(H,34,41)(H,35,40)(H,36,37,38,39). The summed E-state index contributed by atoms with van der Waals surface area (Å²) in [5, 5.41) is 20.0. The molecule has 0 bridgehead atoms. The topological polar surface area (TPSA) is 161 Å². The summed E-state index contributed by atoms with van der Waals surface area (Å²) in [6, 6.07) is 18.1. The van der Waals surface area contributed by atoms with Crippen LogP contribution in [0, 0.1) is 11.8 Å². The smallest absolute Gasteiger partial charge is 0.247 e.